The van der Waals surface area contributed by atoms with E-state index in [1.54, 1.807) is 13.1 Å². The summed E-state index contributed by atoms with van der Waals surface area (Å²) >= 11 is 1.19. The smallest absolute Gasteiger partial charge is 0.321 e. The molecule has 0 spiro atoms. The average Bonchev–Trinajstić information content (AvgIpc) is 2.92. The van der Waals surface area contributed by atoms with Crippen LogP contribution in [-0.4, -0.2) is 30.1 Å². The molecule has 0 bridgehead atoms. The zero-order valence-corrected chi connectivity index (χ0v) is 23.1. The largest absolute Gasteiger partial charge is 0.338 e. The van der Waals surface area contributed by atoms with Gasteiger partial charge < -0.3 is 4.90 Å². The molecule has 3 aromatic carbocycles. The van der Waals surface area contributed by atoms with E-state index in [1.807, 2.05) is 47.4 Å². The monoisotopic (exact) mass is 612 g/mol. The highest BCUT2D eigenvalue weighted by atomic mass is 127. The number of allylic oxidation sites excluding steroid dienone is 2. The van der Waals surface area contributed by atoms with E-state index in [1.165, 1.54) is 34.2 Å². The minimum atomic E-state index is -2.90. The highest BCUT2D eigenvalue weighted by Gasteiger charge is 2.33. The summed E-state index contributed by atoms with van der Waals surface area (Å²) in [5.74, 6) is 0.0858. The minimum Gasteiger partial charge on any atom is -0.338 e. The maximum Gasteiger partial charge on any atom is 0.321 e. The maximum absolute atomic E-state index is 14.0. The fourth-order valence-electron chi connectivity index (χ4n) is 4.84. The molecule has 3 aromatic rings. The first-order valence-electron chi connectivity index (χ1n) is 12.6. The summed E-state index contributed by atoms with van der Waals surface area (Å²) in [6.07, 6.45) is 5.53. The van der Waals surface area contributed by atoms with Crippen molar-refractivity contribution in [3.63, 3.8) is 0 Å². The number of carbonyl (C=O) groups excluding carboxylic acids is 1. The highest BCUT2D eigenvalue weighted by molar-refractivity contribution is 14.1. The summed E-state index contributed by atoms with van der Waals surface area (Å²) in [5.41, 5.74) is 5.94. The number of aliphatic imine (C=N–C) groups is 1. The summed E-state index contributed by atoms with van der Waals surface area (Å²) in [6.45, 7) is 0.884. The number of alkyl halides is 3. The van der Waals surface area contributed by atoms with E-state index in [9.17, 15) is 13.6 Å². The van der Waals surface area contributed by atoms with Crippen molar-refractivity contribution in [3.8, 4) is 0 Å². The lowest BCUT2D eigenvalue weighted by molar-refractivity contribution is -0.132. The van der Waals surface area contributed by atoms with E-state index in [-0.39, 0.29) is 11.5 Å². The number of nitrogens with zero attached hydrogens (tertiary/aromatic N) is 2. The molecule has 0 saturated carbocycles. The molecule has 0 atom stereocenters. The normalized spacial score (nSPS) is 14.4. The Kier molecular flexibility index (Phi) is 9.24. The molecule has 1 aliphatic rings. The van der Waals surface area contributed by atoms with Gasteiger partial charge in [0, 0.05) is 54.7 Å². The van der Waals surface area contributed by atoms with Crippen molar-refractivity contribution in [1.82, 2.24) is 4.90 Å². The molecule has 0 unspecified atom stereocenters. The van der Waals surface area contributed by atoms with Crippen molar-refractivity contribution >= 4 is 39.8 Å². The number of benzene rings is 3. The Morgan fingerprint density at radius 2 is 1.59 bits per heavy atom. The Labute approximate surface area is 231 Å². The van der Waals surface area contributed by atoms with Crippen LogP contribution in [0.4, 0.5) is 8.78 Å². The molecule has 0 N–H and O–H groups in total. The highest BCUT2D eigenvalue weighted by Crippen LogP contribution is 2.39. The Morgan fingerprint density at radius 1 is 0.946 bits per heavy atom. The first kappa shape index (κ1) is 27.2. The van der Waals surface area contributed by atoms with Crippen LogP contribution >= 0.6 is 22.6 Å². The second kappa shape index (κ2) is 12.6. The second-order valence-electron chi connectivity index (χ2n) is 9.22. The van der Waals surface area contributed by atoms with Crippen molar-refractivity contribution in [2.75, 3.05) is 13.6 Å². The van der Waals surface area contributed by atoms with Gasteiger partial charge in [-0.3, -0.25) is 9.79 Å². The van der Waals surface area contributed by atoms with Gasteiger partial charge in [0.05, 0.1) is 5.71 Å². The van der Waals surface area contributed by atoms with Crippen LogP contribution in [0, 0.1) is 0 Å². The molecule has 37 heavy (non-hydrogen) atoms. The SMILES string of the molecule is CN=C(/C=C(\CCCCC(=O)N1CCc2c(cccc2C(F)(F)I)C1)c1ccccc1)c1ccccc1. The first-order chi connectivity index (χ1) is 17.9. The third-order valence-electron chi connectivity index (χ3n) is 6.78. The topological polar surface area (TPSA) is 32.7 Å². The molecule has 6 heteroatoms. The van der Waals surface area contributed by atoms with Crippen molar-refractivity contribution in [2.45, 2.75) is 42.6 Å². The number of halogens is 3. The Balaban J connectivity index is 1.38. The summed E-state index contributed by atoms with van der Waals surface area (Å²) in [4.78, 5) is 19.3. The van der Waals surface area contributed by atoms with Crippen molar-refractivity contribution in [2.24, 2.45) is 4.99 Å². The van der Waals surface area contributed by atoms with E-state index in [0.717, 1.165) is 41.7 Å². The van der Waals surface area contributed by atoms with Gasteiger partial charge in [-0.05, 0) is 59.6 Å². The summed E-state index contributed by atoms with van der Waals surface area (Å²) in [7, 11) is 1.81. The first-order valence-corrected chi connectivity index (χ1v) is 13.7. The zero-order valence-electron chi connectivity index (χ0n) is 21.0. The maximum atomic E-state index is 14.0. The lowest BCUT2D eigenvalue weighted by atomic mass is 9.94. The second-order valence-corrected chi connectivity index (χ2v) is 10.6. The van der Waals surface area contributed by atoms with Crippen LogP contribution in [0.15, 0.2) is 89.9 Å². The molecular weight excluding hydrogens is 581 g/mol. The van der Waals surface area contributed by atoms with Gasteiger partial charge in [-0.2, -0.15) is 8.78 Å². The van der Waals surface area contributed by atoms with E-state index in [4.69, 9.17) is 0 Å². The number of rotatable bonds is 9. The fourth-order valence-corrected chi connectivity index (χ4v) is 5.35. The summed E-state index contributed by atoms with van der Waals surface area (Å²) in [5, 5.41) is 0. The molecule has 0 fully saturated rings. The van der Waals surface area contributed by atoms with Crippen LogP contribution in [0.3, 0.4) is 0 Å². The Bertz CT molecular complexity index is 1270. The lowest BCUT2D eigenvalue weighted by Gasteiger charge is -2.31. The molecule has 192 valence electrons. The number of hydrogen-bond donors (Lipinski definition) is 0. The predicted molar refractivity (Wildman–Crippen MR) is 155 cm³/mol. The van der Waals surface area contributed by atoms with Crippen LogP contribution in [0.2, 0.25) is 0 Å². The number of carbonyl (C=O) groups is 1. The molecule has 3 nitrogen and oxygen atoms in total. The van der Waals surface area contributed by atoms with Crippen LogP contribution in [0.1, 0.15) is 53.5 Å². The fraction of sp³-hybridized carbons (Fsp3) is 0.290. The molecule has 1 heterocycles. The van der Waals surface area contributed by atoms with Crippen LogP contribution in [0.25, 0.3) is 5.57 Å². The van der Waals surface area contributed by atoms with Gasteiger partial charge in [0.2, 0.25) is 5.91 Å². The lowest BCUT2D eigenvalue weighted by Crippen LogP contribution is -2.36. The zero-order chi connectivity index (χ0) is 26.3. The number of unbranched alkanes of at least 4 members (excludes halogenated alkanes) is 1. The molecule has 0 aromatic heterocycles. The number of hydrogen-bond acceptors (Lipinski definition) is 2. The van der Waals surface area contributed by atoms with Crippen molar-refractivity contribution in [3.05, 3.63) is 113 Å². The van der Waals surface area contributed by atoms with E-state index in [2.05, 4.69) is 35.3 Å². The van der Waals surface area contributed by atoms with Crippen molar-refractivity contribution in [1.29, 1.82) is 0 Å². The van der Waals surface area contributed by atoms with E-state index < -0.39 is 3.93 Å². The van der Waals surface area contributed by atoms with Gasteiger partial charge in [-0.1, -0.05) is 78.9 Å². The number of amides is 1. The number of fused-ring (bicyclic) bond motifs is 1. The Morgan fingerprint density at radius 3 is 2.24 bits per heavy atom. The summed E-state index contributed by atoms with van der Waals surface area (Å²) in [6, 6.07) is 25.4. The van der Waals surface area contributed by atoms with Gasteiger partial charge in [0.15, 0.2) is 0 Å². The van der Waals surface area contributed by atoms with Crippen LogP contribution in [-0.2, 0) is 21.7 Å². The van der Waals surface area contributed by atoms with Gasteiger partial charge in [-0.15, -0.1) is 0 Å². The van der Waals surface area contributed by atoms with Crippen LogP contribution < -0.4 is 0 Å². The molecule has 1 amide bonds. The Hall–Kier alpha value is -2.87. The van der Waals surface area contributed by atoms with Crippen molar-refractivity contribution < 1.29 is 13.6 Å². The standard InChI is InChI=1S/C31H31F2IN2O/c1-35-29(24-13-6-3-7-14-24)21-25(23-11-4-2-5-12-23)15-8-9-18-30(37)36-20-19-27-26(22-36)16-10-17-28(27)31(32,33)34/h2-7,10-14,16-17,21H,8-9,15,18-20,22H2,1H3/b25-21+,35-29?. The predicted octanol–water partition coefficient (Wildman–Crippen LogP) is 7.82. The summed E-state index contributed by atoms with van der Waals surface area (Å²) < 4.78 is 25.1. The van der Waals surface area contributed by atoms with E-state index >= 15 is 0 Å². The molecule has 0 aliphatic carbocycles. The van der Waals surface area contributed by atoms with Crippen LogP contribution in [0.5, 0.6) is 0 Å². The molecule has 0 saturated heterocycles. The third kappa shape index (κ3) is 7.12. The molecular formula is C31H31F2IN2O. The minimum absolute atomic E-state index is 0.0726. The molecule has 4 rings (SSSR count). The average molecular weight is 613 g/mol. The molecule has 1 aliphatic heterocycles. The van der Waals surface area contributed by atoms with E-state index in [0.29, 0.717) is 31.5 Å². The van der Waals surface area contributed by atoms with Gasteiger partial charge >= 0.3 is 3.93 Å². The van der Waals surface area contributed by atoms with Gasteiger partial charge in [0.1, 0.15) is 0 Å². The third-order valence-corrected chi connectivity index (χ3v) is 7.36. The van der Waals surface area contributed by atoms with Gasteiger partial charge in [-0.25, -0.2) is 0 Å². The van der Waals surface area contributed by atoms with Gasteiger partial charge in [0.25, 0.3) is 0 Å². The molecule has 0 radical (unpaired) electrons. The quantitative estimate of drug-likeness (QED) is 0.105.